The predicted molar refractivity (Wildman–Crippen MR) is 119 cm³/mol. The summed E-state index contributed by atoms with van der Waals surface area (Å²) in [5.41, 5.74) is 1.87. The quantitative estimate of drug-likeness (QED) is 0.535. The fourth-order valence-electron chi connectivity index (χ4n) is 4.61. The third-order valence-corrected chi connectivity index (χ3v) is 6.46. The Kier molecular flexibility index (Phi) is 7.20. The standard InChI is InChI=1S/C25H31ClFNO2/c1-19(29)28(17-20-8-10-22(27)11-9-20)14-12-25(13-15-30-24(2,3)18-25)16-21-6-4-5-7-23(21)26/h4-11H,12-18H2,1-3H3/t25-/m1/s1. The number of hydrogen-bond acceptors (Lipinski definition) is 2. The Morgan fingerprint density at radius 2 is 1.87 bits per heavy atom. The van der Waals surface area contributed by atoms with Crippen molar-refractivity contribution in [3.63, 3.8) is 0 Å². The first kappa shape index (κ1) is 22.8. The SMILES string of the molecule is CC(=O)N(CC[C@]1(Cc2ccccc2Cl)CCOC(C)(C)C1)Cc1ccc(F)cc1. The molecular weight excluding hydrogens is 401 g/mol. The van der Waals surface area contributed by atoms with Gasteiger partial charge in [-0.25, -0.2) is 4.39 Å². The van der Waals surface area contributed by atoms with Crippen LogP contribution in [0.25, 0.3) is 0 Å². The maximum Gasteiger partial charge on any atom is 0.219 e. The van der Waals surface area contributed by atoms with Crippen LogP contribution in [0.5, 0.6) is 0 Å². The molecule has 0 N–H and O–H groups in total. The van der Waals surface area contributed by atoms with E-state index >= 15 is 0 Å². The van der Waals surface area contributed by atoms with Crippen molar-refractivity contribution in [2.24, 2.45) is 5.41 Å². The highest BCUT2D eigenvalue weighted by Crippen LogP contribution is 2.45. The van der Waals surface area contributed by atoms with E-state index in [9.17, 15) is 9.18 Å². The van der Waals surface area contributed by atoms with Crippen LogP contribution < -0.4 is 0 Å². The molecule has 3 rings (SSSR count). The van der Waals surface area contributed by atoms with Crippen LogP contribution in [-0.4, -0.2) is 29.6 Å². The molecule has 1 aliphatic rings. The Morgan fingerprint density at radius 1 is 1.17 bits per heavy atom. The zero-order valence-electron chi connectivity index (χ0n) is 18.1. The molecule has 2 aromatic rings. The minimum absolute atomic E-state index is 0.00321. The first-order chi connectivity index (χ1) is 14.2. The molecule has 0 radical (unpaired) electrons. The lowest BCUT2D eigenvalue weighted by Gasteiger charge is -2.46. The highest BCUT2D eigenvalue weighted by molar-refractivity contribution is 6.31. The topological polar surface area (TPSA) is 29.5 Å². The summed E-state index contributed by atoms with van der Waals surface area (Å²) in [4.78, 5) is 14.2. The van der Waals surface area contributed by atoms with E-state index in [0.29, 0.717) is 19.7 Å². The lowest BCUT2D eigenvalue weighted by atomic mass is 9.68. The third-order valence-electron chi connectivity index (χ3n) is 6.09. The van der Waals surface area contributed by atoms with Crippen molar-refractivity contribution in [2.75, 3.05) is 13.2 Å². The van der Waals surface area contributed by atoms with Crippen LogP contribution >= 0.6 is 11.6 Å². The number of ether oxygens (including phenoxy) is 1. The zero-order chi connectivity index (χ0) is 21.8. The molecule has 5 heteroatoms. The van der Waals surface area contributed by atoms with E-state index in [0.717, 1.165) is 41.8 Å². The van der Waals surface area contributed by atoms with Gasteiger partial charge < -0.3 is 9.64 Å². The number of amides is 1. The molecule has 3 nitrogen and oxygen atoms in total. The number of nitrogens with zero attached hydrogens (tertiary/aromatic N) is 1. The molecule has 1 heterocycles. The van der Waals surface area contributed by atoms with Crippen molar-refractivity contribution in [2.45, 2.75) is 58.6 Å². The molecule has 162 valence electrons. The van der Waals surface area contributed by atoms with E-state index in [2.05, 4.69) is 19.9 Å². The van der Waals surface area contributed by atoms with Gasteiger partial charge in [0, 0.05) is 31.6 Å². The van der Waals surface area contributed by atoms with Gasteiger partial charge >= 0.3 is 0 Å². The fourth-order valence-corrected chi connectivity index (χ4v) is 4.82. The summed E-state index contributed by atoms with van der Waals surface area (Å²) in [6.07, 6.45) is 3.57. The van der Waals surface area contributed by atoms with Crippen LogP contribution in [0, 0.1) is 11.2 Å². The van der Waals surface area contributed by atoms with Crippen LogP contribution in [0.15, 0.2) is 48.5 Å². The van der Waals surface area contributed by atoms with E-state index in [1.165, 1.54) is 12.1 Å². The summed E-state index contributed by atoms with van der Waals surface area (Å²) in [6.45, 7) is 7.70. The summed E-state index contributed by atoms with van der Waals surface area (Å²) in [6, 6.07) is 14.4. The van der Waals surface area contributed by atoms with Crippen LogP contribution in [0.3, 0.4) is 0 Å². The van der Waals surface area contributed by atoms with E-state index in [1.807, 2.05) is 23.1 Å². The maximum atomic E-state index is 13.2. The molecule has 1 amide bonds. The average molecular weight is 432 g/mol. The van der Waals surface area contributed by atoms with Gasteiger partial charge in [-0.3, -0.25) is 4.79 Å². The third kappa shape index (κ3) is 6.05. The summed E-state index contributed by atoms with van der Waals surface area (Å²) in [5.74, 6) is -0.241. The molecule has 1 fully saturated rings. The zero-order valence-corrected chi connectivity index (χ0v) is 18.8. The van der Waals surface area contributed by atoms with Gasteiger partial charge in [-0.15, -0.1) is 0 Å². The Morgan fingerprint density at radius 3 is 2.50 bits per heavy atom. The van der Waals surface area contributed by atoms with Gasteiger partial charge in [-0.1, -0.05) is 41.9 Å². The molecule has 0 bridgehead atoms. The van der Waals surface area contributed by atoms with Gasteiger partial charge in [0.15, 0.2) is 0 Å². The van der Waals surface area contributed by atoms with Crippen molar-refractivity contribution in [1.29, 1.82) is 0 Å². The Hall–Kier alpha value is -1.91. The van der Waals surface area contributed by atoms with Gasteiger partial charge in [0.25, 0.3) is 0 Å². The van der Waals surface area contributed by atoms with Crippen molar-refractivity contribution in [3.8, 4) is 0 Å². The maximum absolute atomic E-state index is 13.2. The van der Waals surface area contributed by atoms with E-state index in [-0.39, 0.29) is 22.7 Å². The van der Waals surface area contributed by atoms with Crippen molar-refractivity contribution in [3.05, 3.63) is 70.5 Å². The summed E-state index contributed by atoms with van der Waals surface area (Å²) >= 11 is 6.48. The number of carbonyl (C=O) groups excluding carboxylic acids is 1. The first-order valence-corrected chi connectivity index (χ1v) is 10.9. The van der Waals surface area contributed by atoms with Crippen molar-refractivity contribution >= 4 is 17.5 Å². The molecule has 1 aliphatic heterocycles. The Balaban J connectivity index is 1.78. The molecule has 0 saturated carbocycles. The molecule has 1 atom stereocenters. The number of carbonyl (C=O) groups is 1. The number of halogens is 2. The largest absolute Gasteiger partial charge is 0.376 e. The lowest BCUT2D eigenvalue weighted by Crippen LogP contribution is -2.44. The smallest absolute Gasteiger partial charge is 0.219 e. The van der Waals surface area contributed by atoms with Gasteiger partial charge in [-0.2, -0.15) is 0 Å². The van der Waals surface area contributed by atoms with Gasteiger partial charge in [0.05, 0.1) is 5.60 Å². The molecular formula is C25H31ClFNO2. The van der Waals surface area contributed by atoms with E-state index < -0.39 is 0 Å². The molecule has 2 aromatic carbocycles. The molecule has 0 aromatic heterocycles. The molecule has 1 saturated heterocycles. The lowest BCUT2D eigenvalue weighted by molar-refractivity contribution is -0.131. The summed E-state index contributed by atoms with van der Waals surface area (Å²) in [5, 5.41) is 0.788. The molecule has 0 spiro atoms. The Labute approximate surface area is 184 Å². The van der Waals surface area contributed by atoms with Gasteiger partial charge in [-0.05, 0) is 74.3 Å². The number of benzene rings is 2. The molecule has 30 heavy (non-hydrogen) atoms. The second-order valence-electron chi connectivity index (χ2n) is 9.12. The number of hydrogen-bond donors (Lipinski definition) is 0. The normalized spacial score (nSPS) is 20.7. The second kappa shape index (κ2) is 9.49. The minimum atomic E-state index is -0.267. The number of rotatable bonds is 7. The Bertz CT molecular complexity index is 868. The fraction of sp³-hybridized carbons (Fsp3) is 0.480. The summed E-state index contributed by atoms with van der Waals surface area (Å²) < 4.78 is 19.2. The van der Waals surface area contributed by atoms with E-state index in [4.69, 9.17) is 16.3 Å². The van der Waals surface area contributed by atoms with Crippen molar-refractivity contribution in [1.82, 2.24) is 4.90 Å². The predicted octanol–water partition coefficient (Wildman–Crippen LogP) is 6.04. The highest BCUT2D eigenvalue weighted by Gasteiger charge is 2.41. The van der Waals surface area contributed by atoms with Crippen LogP contribution in [-0.2, 0) is 22.5 Å². The minimum Gasteiger partial charge on any atom is -0.376 e. The van der Waals surface area contributed by atoms with E-state index in [1.54, 1.807) is 19.1 Å². The molecule has 0 unspecified atom stereocenters. The molecule has 0 aliphatic carbocycles. The average Bonchev–Trinajstić information content (AvgIpc) is 2.67. The van der Waals surface area contributed by atoms with Gasteiger partial charge in [0.2, 0.25) is 5.91 Å². The highest BCUT2D eigenvalue weighted by atomic mass is 35.5. The second-order valence-corrected chi connectivity index (χ2v) is 9.53. The van der Waals surface area contributed by atoms with Crippen LogP contribution in [0.2, 0.25) is 5.02 Å². The van der Waals surface area contributed by atoms with Gasteiger partial charge in [0.1, 0.15) is 5.82 Å². The monoisotopic (exact) mass is 431 g/mol. The summed E-state index contributed by atoms with van der Waals surface area (Å²) in [7, 11) is 0. The van der Waals surface area contributed by atoms with Crippen LogP contribution in [0.1, 0.15) is 51.2 Å². The first-order valence-electron chi connectivity index (χ1n) is 10.6. The van der Waals surface area contributed by atoms with Crippen molar-refractivity contribution < 1.29 is 13.9 Å². The van der Waals surface area contributed by atoms with Crippen LogP contribution in [0.4, 0.5) is 4.39 Å².